The van der Waals surface area contributed by atoms with Crippen LogP contribution in [0.5, 0.6) is 11.5 Å². The number of hydrogen-bond acceptors (Lipinski definition) is 5. The molecule has 0 spiro atoms. The van der Waals surface area contributed by atoms with Crippen LogP contribution in [0.2, 0.25) is 5.02 Å². The molecule has 1 N–H and O–H groups in total. The molecule has 4 heterocycles. The van der Waals surface area contributed by atoms with Gasteiger partial charge in [0.2, 0.25) is 5.78 Å². The smallest absolute Gasteiger partial charge is 0.250 e. The minimum Gasteiger partial charge on any atom is -0.507 e. The number of piperidine rings is 1. The van der Waals surface area contributed by atoms with E-state index in [0.29, 0.717) is 46.5 Å². The number of allylic oxidation sites excluding steroid dienone is 1. The maximum absolute atomic E-state index is 13.2. The van der Waals surface area contributed by atoms with Gasteiger partial charge in [-0.25, -0.2) is 0 Å². The predicted molar refractivity (Wildman–Crippen MR) is 134 cm³/mol. The molecule has 6 nitrogen and oxygen atoms in total. The highest BCUT2D eigenvalue weighted by Gasteiger charge is 2.37. The van der Waals surface area contributed by atoms with Crippen LogP contribution in [-0.4, -0.2) is 33.4 Å². The van der Waals surface area contributed by atoms with Crippen LogP contribution < -0.4 is 10.3 Å². The number of hydrogen-bond donors (Lipinski definition) is 1. The van der Waals surface area contributed by atoms with Crippen LogP contribution in [0.3, 0.4) is 0 Å². The van der Waals surface area contributed by atoms with E-state index in [0.717, 1.165) is 30.8 Å². The van der Waals surface area contributed by atoms with Gasteiger partial charge in [-0.2, -0.15) is 0 Å². The number of nitrogens with zero attached hydrogens (tertiary/aromatic N) is 2. The number of pyridine rings is 1. The van der Waals surface area contributed by atoms with Gasteiger partial charge in [-0.1, -0.05) is 29.8 Å². The summed E-state index contributed by atoms with van der Waals surface area (Å²) in [6.45, 7) is 4.59. The molecule has 0 saturated carbocycles. The van der Waals surface area contributed by atoms with Crippen LogP contribution in [0.4, 0.5) is 0 Å². The number of fused-ring (bicyclic) bond motifs is 5. The third kappa shape index (κ3) is 3.87. The van der Waals surface area contributed by atoms with Gasteiger partial charge in [-0.3, -0.25) is 14.5 Å². The summed E-state index contributed by atoms with van der Waals surface area (Å²) >= 11 is 6.10. The molecule has 178 valence electrons. The second kappa shape index (κ2) is 8.40. The Hall–Kier alpha value is -3.35. The molecule has 3 aromatic rings. The Balaban J connectivity index is 1.32. The van der Waals surface area contributed by atoms with Crippen LogP contribution in [0, 0.1) is 12.8 Å². The van der Waals surface area contributed by atoms with E-state index in [9.17, 15) is 14.7 Å². The van der Waals surface area contributed by atoms with E-state index in [1.165, 1.54) is 0 Å². The summed E-state index contributed by atoms with van der Waals surface area (Å²) in [5, 5.41) is 11.5. The Labute approximate surface area is 208 Å². The topological polar surface area (TPSA) is 71.8 Å². The molecule has 2 atom stereocenters. The quantitative estimate of drug-likeness (QED) is 0.539. The van der Waals surface area contributed by atoms with Gasteiger partial charge in [0.05, 0.1) is 11.1 Å². The lowest BCUT2D eigenvalue weighted by Gasteiger charge is -2.43. The number of ether oxygens (including phenoxy) is 1. The maximum atomic E-state index is 13.2. The number of likely N-dealkylation sites (tertiary alicyclic amines) is 1. The van der Waals surface area contributed by atoms with Crippen LogP contribution in [0.25, 0.3) is 6.08 Å². The zero-order chi connectivity index (χ0) is 24.3. The van der Waals surface area contributed by atoms with E-state index in [1.54, 1.807) is 30.3 Å². The molecule has 0 radical (unpaired) electrons. The van der Waals surface area contributed by atoms with Crippen molar-refractivity contribution in [1.29, 1.82) is 0 Å². The standard InChI is InChI=1S/C28H25ClN2O4/c1-16-8-23(32)21(28-26(16)27(34)24(35-28)11-17-4-2-5-20(29)10-17)15-30-12-18-9-19(14-30)22-6-3-7-25(33)31(22)13-18/h2-8,10-11,18-19,32H,9,12-15H2,1H3/b24-11-/t18-,19+/m1/s1. The van der Waals surface area contributed by atoms with Crippen molar-refractivity contribution in [3.05, 3.63) is 97.6 Å². The molecular weight excluding hydrogens is 464 g/mol. The fourth-order valence-electron chi connectivity index (χ4n) is 5.83. The first-order valence-corrected chi connectivity index (χ1v) is 12.2. The number of Topliss-reactive ketones (excluding diaryl/α,β-unsaturated/α-hetero) is 1. The van der Waals surface area contributed by atoms with E-state index in [-0.39, 0.29) is 28.8 Å². The Bertz CT molecular complexity index is 1460. The molecule has 3 aliphatic heterocycles. The van der Waals surface area contributed by atoms with Crippen molar-refractivity contribution in [3.8, 4) is 11.5 Å². The average Bonchev–Trinajstić information content (AvgIpc) is 3.13. The van der Waals surface area contributed by atoms with Gasteiger partial charge in [0.25, 0.3) is 5.56 Å². The summed E-state index contributed by atoms with van der Waals surface area (Å²) in [5.74, 6) is 1.22. The summed E-state index contributed by atoms with van der Waals surface area (Å²) in [6.07, 6.45) is 2.74. The van der Waals surface area contributed by atoms with Crippen LogP contribution in [0.15, 0.2) is 59.1 Å². The first kappa shape index (κ1) is 22.1. The lowest BCUT2D eigenvalue weighted by Crippen LogP contribution is -2.46. The Morgan fingerprint density at radius 1 is 1.11 bits per heavy atom. The lowest BCUT2D eigenvalue weighted by atomic mass is 9.83. The van der Waals surface area contributed by atoms with Gasteiger partial charge in [-0.05, 0) is 60.7 Å². The number of carbonyl (C=O) groups excluding carboxylic acids is 1. The monoisotopic (exact) mass is 488 g/mol. The SMILES string of the molecule is Cc1cc(O)c(CN2C[C@H]3C[C@@H](C2)c2cccc(=O)n2C3)c2c1C(=O)/C(=C/c1cccc(Cl)c1)O2. The summed E-state index contributed by atoms with van der Waals surface area (Å²) < 4.78 is 8.01. The minimum absolute atomic E-state index is 0.0607. The van der Waals surface area contributed by atoms with E-state index < -0.39 is 0 Å². The number of aromatic nitrogens is 1. The normalized spacial score (nSPS) is 22.1. The number of aromatic hydroxyl groups is 1. The van der Waals surface area contributed by atoms with Crippen molar-refractivity contribution < 1.29 is 14.6 Å². The van der Waals surface area contributed by atoms with Gasteiger partial charge >= 0.3 is 0 Å². The van der Waals surface area contributed by atoms with Gasteiger partial charge in [0.1, 0.15) is 11.5 Å². The number of ketones is 1. The first-order chi connectivity index (χ1) is 16.9. The van der Waals surface area contributed by atoms with E-state index >= 15 is 0 Å². The van der Waals surface area contributed by atoms with Gasteiger partial charge < -0.3 is 14.4 Å². The van der Waals surface area contributed by atoms with Crippen LogP contribution in [0.1, 0.15) is 45.1 Å². The molecule has 2 bridgehead atoms. The first-order valence-electron chi connectivity index (χ1n) is 11.8. The van der Waals surface area contributed by atoms with E-state index in [4.69, 9.17) is 16.3 Å². The molecule has 3 aliphatic rings. The molecule has 2 aromatic carbocycles. The molecule has 6 rings (SSSR count). The van der Waals surface area contributed by atoms with Crippen LogP contribution >= 0.6 is 11.6 Å². The third-order valence-electron chi connectivity index (χ3n) is 7.30. The largest absolute Gasteiger partial charge is 0.507 e. The third-order valence-corrected chi connectivity index (χ3v) is 7.54. The summed E-state index contributed by atoms with van der Waals surface area (Å²) in [5.41, 5.74) is 3.72. The van der Waals surface area contributed by atoms with Crippen LogP contribution in [-0.2, 0) is 13.1 Å². The number of aryl methyl sites for hydroxylation is 1. The van der Waals surface area contributed by atoms with E-state index in [2.05, 4.69) is 4.90 Å². The summed E-state index contributed by atoms with van der Waals surface area (Å²) in [7, 11) is 0. The van der Waals surface area contributed by atoms with Gasteiger partial charge in [-0.15, -0.1) is 0 Å². The Morgan fingerprint density at radius 3 is 2.77 bits per heavy atom. The molecule has 1 saturated heterocycles. The molecule has 0 amide bonds. The zero-order valence-corrected chi connectivity index (χ0v) is 20.1. The molecule has 35 heavy (non-hydrogen) atoms. The molecule has 0 aliphatic carbocycles. The average molecular weight is 489 g/mol. The number of phenolic OH excluding ortho intramolecular Hbond substituents is 1. The second-order valence-corrected chi connectivity index (χ2v) is 10.2. The number of rotatable bonds is 3. The van der Waals surface area contributed by atoms with Crippen molar-refractivity contribution >= 4 is 23.5 Å². The summed E-state index contributed by atoms with van der Waals surface area (Å²) in [6, 6.07) is 14.4. The number of halogens is 1. The van der Waals surface area contributed by atoms with Gasteiger partial charge in [0.15, 0.2) is 5.76 Å². The Morgan fingerprint density at radius 2 is 1.94 bits per heavy atom. The fourth-order valence-corrected chi connectivity index (χ4v) is 6.03. The Kier molecular flexibility index (Phi) is 5.31. The predicted octanol–water partition coefficient (Wildman–Crippen LogP) is 4.75. The minimum atomic E-state index is -0.192. The second-order valence-electron chi connectivity index (χ2n) is 9.78. The van der Waals surface area contributed by atoms with Crippen molar-refractivity contribution in [3.63, 3.8) is 0 Å². The number of benzene rings is 2. The molecule has 0 unspecified atom stereocenters. The molecule has 1 aromatic heterocycles. The number of carbonyl (C=O) groups is 1. The lowest BCUT2D eigenvalue weighted by molar-refractivity contribution is 0.101. The highest BCUT2D eigenvalue weighted by Crippen LogP contribution is 2.43. The maximum Gasteiger partial charge on any atom is 0.250 e. The van der Waals surface area contributed by atoms with Crippen molar-refractivity contribution in [2.45, 2.75) is 32.4 Å². The van der Waals surface area contributed by atoms with Crippen molar-refractivity contribution in [1.82, 2.24) is 9.47 Å². The molecular formula is C28H25ClN2O4. The molecule has 7 heteroatoms. The zero-order valence-electron chi connectivity index (χ0n) is 19.3. The van der Waals surface area contributed by atoms with Crippen molar-refractivity contribution in [2.24, 2.45) is 5.92 Å². The highest BCUT2D eigenvalue weighted by atomic mass is 35.5. The van der Waals surface area contributed by atoms with Gasteiger partial charge in [0, 0.05) is 48.9 Å². The molecule has 1 fully saturated rings. The number of phenols is 1. The fraction of sp³-hybridized carbons (Fsp3) is 0.286. The van der Waals surface area contributed by atoms with Crippen molar-refractivity contribution in [2.75, 3.05) is 13.1 Å². The summed E-state index contributed by atoms with van der Waals surface area (Å²) in [4.78, 5) is 27.9. The van der Waals surface area contributed by atoms with E-state index in [1.807, 2.05) is 35.8 Å². The highest BCUT2D eigenvalue weighted by molar-refractivity contribution is 6.30.